The van der Waals surface area contributed by atoms with Gasteiger partial charge in [-0.1, -0.05) is 19.8 Å². The third kappa shape index (κ3) is 5.64. The standard InChI is InChI=1S/C11H24BNO5/c1-10-4-2-3-5-11(10)17-12(16)18-13(6-8-14)7-9-15/h10-11,14-16H,2-9H2,1H3. The maximum atomic E-state index is 9.69. The molecule has 1 fully saturated rings. The molecule has 1 rings (SSSR count). The van der Waals surface area contributed by atoms with Crippen LogP contribution in [-0.4, -0.2) is 60.0 Å². The van der Waals surface area contributed by atoms with E-state index in [2.05, 4.69) is 6.92 Å². The lowest BCUT2D eigenvalue weighted by molar-refractivity contribution is -0.124. The third-order valence-electron chi connectivity index (χ3n) is 3.26. The van der Waals surface area contributed by atoms with Crippen LogP contribution in [0.4, 0.5) is 0 Å². The van der Waals surface area contributed by atoms with Gasteiger partial charge in [-0.25, -0.2) is 0 Å². The summed E-state index contributed by atoms with van der Waals surface area (Å²) >= 11 is 0. The highest BCUT2D eigenvalue weighted by Gasteiger charge is 2.29. The molecule has 0 aromatic rings. The summed E-state index contributed by atoms with van der Waals surface area (Å²) in [4.78, 5) is 0. The van der Waals surface area contributed by atoms with E-state index in [0.717, 1.165) is 19.3 Å². The van der Waals surface area contributed by atoms with Crippen LogP contribution in [0.1, 0.15) is 32.6 Å². The second-order valence-electron chi connectivity index (χ2n) is 4.72. The maximum Gasteiger partial charge on any atom is 0.654 e. The summed E-state index contributed by atoms with van der Waals surface area (Å²) in [6, 6.07) is 0. The van der Waals surface area contributed by atoms with E-state index in [9.17, 15) is 5.02 Å². The van der Waals surface area contributed by atoms with Gasteiger partial charge < -0.3 is 19.9 Å². The van der Waals surface area contributed by atoms with E-state index in [-0.39, 0.29) is 32.4 Å². The molecule has 0 bridgehead atoms. The molecule has 2 atom stereocenters. The van der Waals surface area contributed by atoms with Crippen molar-refractivity contribution in [3.05, 3.63) is 0 Å². The van der Waals surface area contributed by atoms with E-state index in [1.165, 1.54) is 11.5 Å². The molecule has 0 saturated heterocycles. The normalized spacial score (nSPS) is 24.5. The number of aliphatic hydroxyl groups is 2. The Morgan fingerprint density at radius 1 is 1.17 bits per heavy atom. The van der Waals surface area contributed by atoms with Crippen molar-refractivity contribution in [1.82, 2.24) is 5.06 Å². The number of hydrogen-bond acceptors (Lipinski definition) is 6. The van der Waals surface area contributed by atoms with Gasteiger partial charge in [0.15, 0.2) is 0 Å². The maximum absolute atomic E-state index is 9.69. The minimum Gasteiger partial charge on any atom is -0.401 e. The van der Waals surface area contributed by atoms with Crippen molar-refractivity contribution in [3.8, 4) is 0 Å². The summed E-state index contributed by atoms with van der Waals surface area (Å²) in [6.07, 6.45) is 4.37. The van der Waals surface area contributed by atoms with Crippen LogP contribution in [0.3, 0.4) is 0 Å². The van der Waals surface area contributed by atoms with E-state index in [4.69, 9.17) is 19.6 Å². The highest BCUT2D eigenvalue weighted by molar-refractivity contribution is 6.34. The van der Waals surface area contributed by atoms with Crippen molar-refractivity contribution < 1.29 is 24.6 Å². The molecule has 0 aliphatic heterocycles. The summed E-state index contributed by atoms with van der Waals surface area (Å²) in [6.45, 7) is 2.34. The fraction of sp³-hybridized carbons (Fsp3) is 1.00. The van der Waals surface area contributed by atoms with Gasteiger partial charge in [-0.15, -0.1) is 0 Å². The van der Waals surface area contributed by atoms with Crippen LogP contribution < -0.4 is 0 Å². The molecule has 6 nitrogen and oxygen atoms in total. The van der Waals surface area contributed by atoms with E-state index in [0.29, 0.717) is 5.92 Å². The molecular weight excluding hydrogens is 237 g/mol. The van der Waals surface area contributed by atoms with Crippen molar-refractivity contribution in [3.63, 3.8) is 0 Å². The molecule has 0 spiro atoms. The van der Waals surface area contributed by atoms with Gasteiger partial charge in [0.25, 0.3) is 0 Å². The SMILES string of the molecule is CC1CCCCC1OB(O)ON(CCO)CCO. The Labute approximate surface area is 109 Å². The zero-order valence-corrected chi connectivity index (χ0v) is 11.0. The highest BCUT2D eigenvalue weighted by atomic mass is 16.8. The van der Waals surface area contributed by atoms with Gasteiger partial charge in [-0.2, -0.15) is 5.06 Å². The molecular formula is C11H24BNO5. The number of hydroxylamine groups is 2. The molecule has 18 heavy (non-hydrogen) atoms. The Morgan fingerprint density at radius 2 is 1.78 bits per heavy atom. The molecule has 3 N–H and O–H groups in total. The van der Waals surface area contributed by atoms with Crippen LogP contribution in [0.25, 0.3) is 0 Å². The molecule has 0 aromatic heterocycles. The van der Waals surface area contributed by atoms with Crippen LogP contribution in [0.5, 0.6) is 0 Å². The molecule has 106 valence electrons. The van der Waals surface area contributed by atoms with Gasteiger partial charge in [-0.05, 0) is 18.8 Å². The minimum absolute atomic E-state index is 0.0128. The van der Waals surface area contributed by atoms with Crippen LogP contribution in [0.2, 0.25) is 0 Å². The predicted molar refractivity (Wildman–Crippen MR) is 67.3 cm³/mol. The molecule has 0 radical (unpaired) electrons. The van der Waals surface area contributed by atoms with Crippen molar-refractivity contribution in [2.24, 2.45) is 5.92 Å². The molecule has 0 heterocycles. The number of aliphatic hydroxyl groups excluding tert-OH is 2. The summed E-state index contributed by atoms with van der Waals surface area (Å²) < 4.78 is 10.6. The second-order valence-corrected chi connectivity index (χ2v) is 4.72. The quantitative estimate of drug-likeness (QED) is 0.414. The largest absolute Gasteiger partial charge is 0.654 e. The highest BCUT2D eigenvalue weighted by Crippen LogP contribution is 2.26. The summed E-state index contributed by atoms with van der Waals surface area (Å²) in [5, 5.41) is 28.6. The fourth-order valence-corrected chi connectivity index (χ4v) is 2.23. The number of hydrogen-bond donors (Lipinski definition) is 3. The monoisotopic (exact) mass is 261 g/mol. The summed E-state index contributed by atoms with van der Waals surface area (Å²) in [7, 11) is -1.34. The average molecular weight is 261 g/mol. The van der Waals surface area contributed by atoms with Gasteiger partial charge in [0, 0.05) is 19.2 Å². The van der Waals surface area contributed by atoms with Crippen molar-refractivity contribution in [1.29, 1.82) is 0 Å². The average Bonchev–Trinajstić information content (AvgIpc) is 2.33. The van der Waals surface area contributed by atoms with Gasteiger partial charge in [-0.3, -0.25) is 4.76 Å². The molecule has 2 unspecified atom stereocenters. The lowest BCUT2D eigenvalue weighted by Crippen LogP contribution is -2.41. The van der Waals surface area contributed by atoms with Gasteiger partial charge in [0.05, 0.1) is 13.2 Å². The van der Waals surface area contributed by atoms with E-state index in [1.807, 2.05) is 0 Å². The summed E-state index contributed by atoms with van der Waals surface area (Å²) in [5.74, 6) is 0.418. The van der Waals surface area contributed by atoms with Crippen LogP contribution in [0, 0.1) is 5.92 Å². The first kappa shape index (κ1) is 15.9. The Morgan fingerprint density at radius 3 is 2.33 bits per heavy atom. The predicted octanol–water partition coefficient (Wildman–Crippen LogP) is -0.223. The van der Waals surface area contributed by atoms with Gasteiger partial charge in [0.2, 0.25) is 0 Å². The Hall–Kier alpha value is -0.175. The van der Waals surface area contributed by atoms with Crippen molar-refractivity contribution in [2.75, 3.05) is 26.3 Å². The first-order valence-corrected chi connectivity index (χ1v) is 6.64. The van der Waals surface area contributed by atoms with Crippen LogP contribution >= 0.6 is 0 Å². The number of nitrogens with zero attached hydrogens (tertiary/aromatic N) is 1. The van der Waals surface area contributed by atoms with Crippen molar-refractivity contribution >= 4 is 7.32 Å². The summed E-state index contributed by atoms with van der Waals surface area (Å²) in [5.41, 5.74) is 0. The van der Waals surface area contributed by atoms with Gasteiger partial charge >= 0.3 is 7.32 Å². The lowest BCUT2D eigenvalue weighted by atomic mass is 9.87. The smallest absolute Gasteiger partial charge is 0.401 e. The Bertz CT molecular complexity index is 216. The molecule has 1 aliphatic rings. The molecule has 7 heteroatoms. The zero-order chi connectivity index (χ0) is 13.4. The molecule has 0 aromatic carbocycles. The first-order valence-electron chi connectivity index (χ1n) is 6.64. The topological polar surface area (TPSA) is 82.4 Å². The second kappa shape index (κ2) is 8.85. The Balaban J connectivity index is 2.31. The number of rotatable bonds is 8. The molecule has 1 saturated carbocycles. The van der Waals surface area contributed by atoms with E-state index in [1.54, 1.807) is 0 Å². The third-order valence-corrected chi connectivity index (χ3v) is 3.26. The fourth-order valence-electron chi connectivity index (χ4n) is 2.23. The first-order chi connectivity index (χ1) is 8.67. The zero-order valence-electron chi connectivity index (χ0n) is 11.0. The molecule has 0 amide bonds. The molecule has 1 aliphatic carbocycles. The Kier molecular flexibility index (Phi) is 7.80. The van der Waals surface area contributed by atoms with Crippen LogP contribution in [0.15, 0.2) is 0 Å². The van der Waals surface area contributed by atoms with Gasteiger partial charge in [0.1, 0.15) is 0 Å². The minimum atomic E-state index is -1.34. The van der Waals surface area contributed by atoms with Crippen LogP contribution in [-0.2, 0) is 9.41 Å². The lowest BCUT2D eigenvalue weighted by Gasteiger charge is -2.30. The van der Waals surface area contributed by atoms with Crippen molar-refractivity contribution in [2.45, 2.75) is 38.7 Å². The van der Waals surface area contributed by atoms with E-state index < -0.39 is 7.32 Å². The van der Waals surface area contributed by atoms with E-state index >= 15 is 0 Å².